The summed E-state index contributed by atoms with van der Waals surface area (Å²) in [6, 6.07) is 9.15. The molecular weight excluding hydrogens is 212 g/mol. The summed E-state index contributed by atoms with van der Waals surface area (Å²) >= 11 is 0. The second kappa shape index (κ2) is 7.88. The Morgan fingerprint density at radius 3 is 2.41 bits per heavy atom. The van der Waals surface area contributed by atoms with Gasteiger partial charge in [0.1, 0.15) is 0 Å². The fraction of sp³-hybridized carbons (Fsp3) is 0.533. The average molecular weight is 234 g/mol. The van der Waals surface area contributed by atoms with Gasteiger partial charge in [0.05, 0.1) is 12.2 Å². The molecule has 1 aromatic rings. The minimum Gasteiger partial charge on any atom is -0.462 e. The van der Waals surface area contributed by atoms with Gasteiger partial charge in [0.25, 0.3) is 0 Å². The van der Waals surface area contributed by atoms with E-state index in [4.69, 9.17) is 4.74 Å². The lowest BCUT2D eigenvalue weighted by Crippen LogP contribution is -2.07. The highest BCUT2D eigenvalue weighted by molar-refractivity contribution is 5.89. The molecule has 1 rings (SSSR count). The number of carbonyl (C=O) groups is 1. The van der Waals surface area contributed by atoms with E-state index in [0.29, 0.717) is 12.2 Å². The molecule has 0 heterocycles. The van der Waals surface area contributed by atoms with Crippen molar-refractivity contribution in [3.63, 3.8) is 0 Å². The molecule has 0 fully saturated rings. The predicted octanol–water partition coefficient (Wildman–Crippen LogP) is 4.06. The van der Waals surface area contributed by atoms with Gasteiger partial charge >= 0.3 is 5.97 Å². The summed E-state index contributed by atoms with van der Waals surface area (Å²) in [6.07, 6.45) is 4.53. The molecule has 0 unspecified atom stereocenters. The van der Waals surface area contributed by atoms with Gasteiger partial charge in [-0.1, -0.05) is 44.9 Å². The van der Waals surface area contributed by atoms with Gasteiger partial charge in [0.2, 0.25) is 0 Å². The number of carbonyl (C=O) groups excluding carboxylic acids is 1. The first-order valence-corrected chi connectivity index (χ1v) is 6.50. The summed E-state index contributed by atoms with van der Waals surface area (Å²) in [5.41, 5.74) is 0.634. The van der Waals surface area contributed by atoms with Crippen LogP contribution in [0.4, 0.5) is 0 Å². The maximum Gasteiger partial charge on any atom is 0.338 e. The maximum absolute atomic E-state index is 11.6. The van der Waals surface area contributed by atoms with E-state index in [2.05, 4.69) is 13.8 Å². The molecular formula is C15H22O2. The van der Waals surface area contributed by atoms with Gasteiger partial charge in [-0.15, -0.1) is 0 Å². The van der Waals surface area contributed by atoms with E-state index in [0.717, 1.165) is 18.8 Å². The third-order valence-corrected chi connectivity index (χ3v) is 3.15. The molecule has 1 aromatic carbocycles. The van der Waals surface area contributed by atoms with E-state index < -0.39 is 0 Å². The van der Waals surface area contributed by atoms with E-state index in [-0.39, 0.29) is 5.97 Å². The first-order valence-electron chi connectivity index (χ1n) is 6.50. The topological polar surface area (TPSA) is 26.3 Å². The van der Waals surface area contributed by atoms with E-state index in [1.807, 2.05) is 18.2 Å². The highest BCUT2D eigenvalue weighted by atomic mass is 16.5. The summed E-state index contributed by atoms with van der Waals surface area (Å²) in [4.78, 5) is 11.6. The van der Waals surface area contributed by atoms with E-state index in [9.17, 15) is 4.79 Å². The molecule has 2 heteroatoms. The van der Waals surface area contributed by atoms with Crippen LogP contribution in [0.1, 0.15) is 49.9 Å². The van der Waals surface area contributed by atoms with Crippen LogP contribution < -0.4 is 0 Å². The summed E-state index contributed by atoms with van der Waals surface area (Å²) in [6.45, 7) is 4.96. The second-order valence-corrected chi connectivity index (χ2v) is 4.33. The standard InChI is InChI=1S/C15H22O2/c1-3-13(4-2)9-8-12-17-15(16)14-10-6-5-7-11-14/h5-7,10-11,13H,3-4,8-9,12H2,1-2H3. The van der Waals surface area contributed by atoms with E-state index in [1.54, 1.807) is 12.1 Å². The molecule has 2 nitrogen and oxygen atoms in total. The summed E-state index contributed by atoms with van der Waals surface area (Å²) in [5.74, 6) is 0.556. The zero-order valence-electron chi connectivity index (χ0n) is 10.8. The lowest BCUT2D eigenvalue weighted by Gasteiger charge is -2.11. The van der Waals surface area contributed by atoms with Crippen LogP contribution >= 0.6 is 0 Å². The van der Waals surface area contributed by atoms with Crippen molar-refractivity contribution in [2.45, 2.75) is 39.5 Å². The van der Waals surface area contributed by atoms with Crippen LogP contribution in [-0.4, -0.2) is 12.6 Å². The molecule has 0 amide bonds. The molecule has 94 valence electrons. The Morgan fingerprint density at radius 1 is 1.18 bits per heavy atom. The maximum atomic E-state index is 11.6. The second-order valence-electron chi connectivity index (χ2n) is 4.33. The molecule has 0 saturated heterocycles. The summed E-state index contributed by atoms with van der Waals surface area (Å²) in [7, 11) is 0. The molecule has 0 atom stereocenters. The Morgan fingerprint density at radius 2 is 1.82 bits per heavy atom. The molecule has 0 spiro atoms. The molecule has 0 bridgehead atoms. The Balaban J connectivity index is 2.21. The van der Waals surface area contributed by atoms with Crippen molar-refractivity contribution in [3.05, 3.63) is 35.9 Å². The number of benzene rings is 1. The Labute approximate surface area is 104 Å². The van der Waals surface area contributed by atoms with Gasteiger partial charge in [0, 0.05) is 0 Å². The minimum atomic E-state index is -0.213. The lowest BCUT2D eigenvalue weighted by atomic mass is 9.98. The van der Waals surface area contributed by atoms with Crippen molar-refractivity contribution in [1.82, 2.24) is 0 Å². The van der Waals surface area contributed by atoms with Crippen molar-refractivity contribution in [2.24, 2.45) is 5.92 Å². The van der Waals surface area contributed by atoms with Crippen molar-refractivity contribution >= 4 is 5.97 Å². The van der Waals surface area contributed by atoms with Crippen molar-refractivity contribution < 1.29 is 9.53 Å². The number of rotatable bonds is 7. The highest BCUT2D eigenvalue weighted by Crippen LogP contribution is 2.14. The Hall–Kier alpha value is -1.31. The third-order valence-electron chi connectivity index (χ3n) is 3.15. The van der Waals surface area contributed by atoms with Gasteiger partial charge in [-0.05, 0) is 30.9 Å². The SMILES string of the molecule is CCC(CC)CCCOC(=O)c1ccccc1. The molecule has 17 heavy (non-hydrogen) atoms. The molecule has 0 aliphatic heterocycles. The summed E-state index contributed by atoms with van der Waals surface area (Å²) < 4.78 is 5.23. The van der Waals surface area contributed by atoms with Crippen LogP contribution in [-0.2, 0) is 4.74 Å². The van der Waals surface area contributed by atoms with Gasteiger partial charge in [0.15, 0.2) is 0 Å². The van der Waals surface area contributed by atoms with Gasteiger partial charge in [-0.2, -0.15) is 0 Å². The largest absolute Gasteiger partial charge is 0.462 e. The lowest BCUT2D eigenvalue weighted by molar-refractivity contribution is 0.0493. The zero-order valence-corrected chi connectivity index (χ0v) is 10.8. The molecule has 0 radical (unpaired) electrons. The first-order chi connectivity index (χ1) is 8.27. The number of ether oxygens (including phenoxy) is 1. The van der Waals surface area contributed by atoms with Crippen LogP contribution in [0, 0.1) is 5.92 Å². The van der Waals surface area contributed by atoms with E-state index in [1.165, 1.54) is 12.8 Å². The van der Waals surface area contributed by atoms with Gasteiger partial charge in [-0.3, -0.25) is 0 Å². The van der Waals surface area contributed by atoms with Crippen molar-refractivity contribution in [2.75, 3.05) is 6.61 Å². The molecule has 0 aliphatic carbocycles. The van der Waals surface area contributed by atoms with Gasteiger partial charge in [-0.25, -0.2) is 4.79 Å². The summed E-state index contributed by atoms with van der Waals surface area (Å²) in [5, 5.41) is 0. The van der Waals surface area contributed by atoms with Crippen LogP contribution in [0.5, 0.6) is 0 Å². The van der Waals surface area contributed by atoms with Crippen LogP contribution in [0.15, 0.2) is 30.3 Å². The van der Waals surface area contributed by atoms with Crippen LogP contribution in [0.2, 0.25) is 0 Å². The Kier molecular flexibility index (Phi) is 6.38. The average Bonchev–Trinajstić information content (AvgIpc) is 2.40. The number of hydrogen-bond donors (Lipinski definition) is 0. The van der Waals surface area contributed by atoms with Crippen molar-refractivity contribution in [1.29, 1.82) is 0 Å². The highest BCUT2D eigenvalue weighted by Gasteiger charge is 2.07. The minimum absolute atomic E-state index is 0.213. The molecule has 0 aromatic heterocycles. The van der Waals surface area contributed by atoms with Gasteiger partial charge < -0.3 is 4.74 Å². The van der Waals surface area contributed by atoms with Crippen LogP contribution in [0.3, 0.4) is 0 Å². The molecule has 0 saturated carbocycles. The van der Waals surface area contributed by atoms with Crippen LogP contribution in [0.25, 0.3) is 0 Å². The third kappa shape index (κ3) is 5.03. The predicted molar refractivity (Wildman–Crippen MR) is 70.0 cm³/mol. The Bertz CT molecular complexity index is 315. The zero-order chi connectivity index (χ0) is 12.5. The fourth-order valence-corrected chi connectivity index (χ4v) is 1.89. The normalized spacial score (nSPS) is 10.5. The number of hydrogen-bond acceptors (Lipinski definition) is 2. The smallest absolute Gasteiger partial charge is 0.338 e. The molecule has 0 aliphatic rings. The molecule has 0 N–H and O–H groups in total. The first kappa shape index (κ1) is 13.8. The quantitative estimate of drug-likeness (QED) is 0.525. The number of esters is 1. The fourth-order valence-electron chi connectivity index (χ4n) is 1.89. The monoisotopic (exact) mass is 234 g/mol. The van der Waals surface area contributed by atoms with Crippen molar-refractivity contribution in [3.8, 4) is 0 Å². The van der Waals surface area contributed by atoms with E-state index >= 15 is 0 Å².